The van der Waals surface area contributed by atoms with Crippen molar-refractivity contribution in [2.45, 2.75) is 40.2 Å². The molecule has 7 heteroatoms. The standard InChI is InChI=1S/C20H31N3O3.ClH/c1-5-26-16-8-6-15(7-9-16)18(24)22-17(14(2)3)19(25)23-11-10-20(4,12-21)13-23;/h6-9,14,17H,5,10-13,21H2,1-4H3,(H,22,24);1H. The molecule has 1 aromatic carbocycles. The summed E-state index contributed by atoms with van der Waals surface area (Å²) < 4.78 is 5.39. The van der Waals surface area contributed by atoms with Crippen molar-refractivity contribution in [1.29, 1.82) is 0 Å². The van der Waals surface area contributed by atoms with Gasteiger partial charge in [-0.15, -0.1) is 12.4 Å². The first kappa shape index (κ1) is 23.2. The number of hydrogen-bond donors (Lipinski definition) is 2. The lowest BCUT2D eigenvalue weighted by molar-refractivity contribution is -0.133. The van der Waals surface area contributed by atoms with Crippen LogP contribution in [0.1, 0.15) is 44.5 Å². The first-order valence-electron chi connectivity index (χ1n) is 9.32. The topological polar surface area (TPSA) is 84.7 Å². The number of nitrogens with zero attached hydrogens (tertiary/aromatic N) is 1. The van der Waals surface area contributed by atoms with Crippen LogP contribution in [0.15, 0.2) is 24.3 Å². The van der Waals surface area contributed by atoms with E-state index in [1.807, 2.05) is 25.7 Å². The minimum absolute atomic E-state index is 0. The summed E-state index contributed by atoms with van der Waals surface area (Å²) in [6, 6.07) is 6.40. The number of ether oxygens (including phenoxy) is 1. The molecule has 27 heavy (non-hydrogen) atoms. The summed E-state index contributed by atoms with van der Waals surface area (Å²) >= 11 is 0. The summed E-state index contributed by atoms with van der Waals surface area (Å²) in [6.07, 6.45) is 0.896. The fourth-order valence-electron chi connectivity index (χ4n) is 3.18. The predicted octanol–water partition coefficient (Wildman–Crippen LogP) is 2.46. The Kier molecular flexibility index (Phi) is 8.57. The maximum absolute atomic E-state index is 12.9. The fourth-order valence-corrected chi connectivity index (χ4v) is 3.18. The third-order valence-corrected chi connectivity index (χ3v) is 5.01. The van der Waals surface area contributed by atoms with Gasteiger partial charge in [-0.2, -0.15) is 0 Å². The maximum atomic E-state index is 12.9. The van der Waals surface area contributed by atoms with E-state index in [9.17, 15) is 9.59 Å². The highest BCUT2D eigenvalue weighted by atomic mass is 35.5. The molecule has 1 aliphatic heterocycles. The summed E-state index contributed by atoms with van der Waals surface area (Å²) in [4.78, 5) is 27.4. The highest BCUT2D eigenvalue weighted by Gasteiger charge is 2.38. The summed E-state index contributed by atoms with van der Waals surface area (Å²) in [5.74, 6) is 0.440. The SMILES string of the molecule is CCOc1ccc(C(=O)NC(C(=O)N2CCC(C)(CN)C2)C(C)C)cc1.Cl. The smallest absolute Gasteiger partial charge is 0.251 e. The molecule has 2 unspecified atom stereocenters. The zero-order valence-corrected chi connectivity index (χ0v) is 17.5. The second-order valence-electron chi connectivity index (χ2n) is 7.68. The number of likely N-dealkylation sites (tertiary alicyclic amines) is 1. The average Bonchev–Trinajstić information content (AvgIpc) is 3.02. The summed E-state index contributed by atoms with van der Waals surface area (Å²) in [5.41, 5.74) is 6.32. The summed E-state index contributed by atoms with van der Waals surface area (Å²) in [6.45, 7) is 10.4. The van der Waals surface area contributed by atoms with Crippen molar-refractivity contribution in [2.75, 3.05) is 26.2 Å². The van der Waals surface area contributed by atoms with Gasteiger partial charge in [-0.05, 0) is 55.5 Å². The molecule has 1 aliphatic rings. The molecule has 0 saturated carbocycles. The number of amides is 2. The Morgan fingerprint density at radius 2 is 1.93 bits per heavy atom. The third-order valence-electron chi connectivity index (χ3n) is 5.01. The molecule has 3 N–H and O–H groups in total. The number of benzene rings is 1. The van der Waals surface area contributed by atoms with Gasteiger partial charge in [0, 0.05) is 18.7 Å². The van der Waals surface area contributed by atoms with E-state index in [2.05, 4.69) is 12.2 Å². The Labute approximate surface area is 168 Å². The van der Waals surface area contributed by atoms with Crippen LogP contribution in [-0.4, -0.2) is 49.0 Å². The van der Waals surface area contributed by atoms with Crippen LogP contribution in [0.25, 0.3) is 0 Å². The molecular weight excluding hydrogens is 366 g/mol. The molecule has 1 fully saturated rings. The average molecular weight is 398 g/mol. The molecule has 0 aliphatic carbocycles. The number of carbonyl (C=O) groups is 2. The second-order valence-corrected chi connectivity index (χ2v) is 7.68. The van der Waals surface area contributed by atoms with Crippen LogP contribution in [0.5, 0.6) is 5.75 Å². The second kappa shape index (κ2) is 9.95. The zero-order valence-electron chi connectivity index (χ0n) is 16.7. The molecule has 2 rings (SSSR count). The molecular formula is C20H32ClN3O3. The van der Waals surface area contributed by atoms with Gasteiger partial charge in [-0.25, -0.2) is 0 Å². The molecule has 0 aromatic heterocycles. The Bertz CT molecular complexity index is 636. The number of nitrogens with one attached hydrogen (secondary N) is 1. The van der Waals surface area contributed by atoms with Crippen LogP contribution in [0.4, 0.5) is 0 Å². The Morgan fingerprint density at radius 1 is 1.30 bits per heavy atom. The van der Waals surface area contributed by atoms with Gasteiger partial charge in [-0.1, -0.05) is 20.8 Å². The van der Waals surface area contributed by atoms with Crippen LogP contribution in [0.3, 0.4) is 0 Å². The van der Waals surface area contributed by atoms with Crippen LogP contribution in [0, 0.1) is 11.3 Å². The molecule has 2 atom stereocenters. The molecule has 1 saturated heterocycles. The van der Waals surface area contributed by atoms with Crippen LogP contribution >= 0.6 is 12.4 Å². The first-order valence-corrected chi connectivity index (χ1v) is 9.32. The first-order chi connectivity index (χ1) is 12.3. The molecule has 152 valence electrons. The van der Waals surface area contributed by atoms with Crippen molar-refractivity contribution in [2.24, 2.45) is 17.1 Å². The van der Waals surface area contributed by atoms with E-state index in [1.54, 1.807) is 24.3 Å². The Morgan fingerprint density at radius 3 is 2.41 bits per heavy atom. The van der Waals surface area contributed by atoms with Crippen molar-refractivity contribution in [3.63, 3.8) is 0 Å². The lowest BCUT2D eigenvalue weighted by Gasteiger charge is -2.28. The summed E-state index contributed by atoms with van der Waals surface area (Å²) in [5, 5.41) is 2.90. The van der Waals surface area contributed by atoms with Gasteiger partial charge in [0.05, 0.1) is 6.61 Å². The van der Waals surface area contributed by atoms with Crippen molar-refractivity contribution < 1.29 is 14.3 Å². The van der Waals surface area contributed by atoms with Crippen molar-refractivity contribution in [3.05, 3.63) is 29.8 Å². The minimum Gasteiger partial charge on any atom is -0.494 e. The molecule has 1 aromatic rings. The fraction of sp³-hybridized carbons (Fsp3) is 0.600. The number of hydrogen-bond acceptors (Lipinski definition) is 4. The molecule has 0 spiro atoms. The largest absolute Gasteiger partial charge is 0.494 e. The van der Waals surface area contributed by atoms with E-state index in [4.69, 9.17) is 10.5 Å². The minimum atomic E-state index is -0.547. The van der Waals surface area contributed by atoms with Crippen LogP contribution in [0.2, 0.25) is 0 Å². The van der Waals surface area contributed by atoms with Crippen molar-refractivity contribution in [1.82, 2.24) is 10.2 Å². The molecule has 2 amide bonds. The van der Waals surface area contributed by atoms with Gasteiger partial charge in [0.2, 0.25) is 5.91 Å². The lowest BCUT2D eigenvalue weighted by atomic mass is 9.90. The number of rotatable bonds is 7. The quantitative estimate of drug-likeness (QED) is 0.740. The van der Waals surface area contributed by atoms with E-state index in [-0.39, 0.29) is 35.6 Å². The highest BCUT2D eigenvalue weighted by molar-refractivity contribution is 5.97. The molecule has 6 nitrogen and oxygen atoms in total. The van der Waals surface area contributed by atoms with Crippen molar-refractivity contribution in [3.8, 4) is 5.75 Å². The van der Waals surface area contributed by atoms with Crippen molar-refractivity contribution >= 4 is 24.2 Å². The van der Waals surface area contributed by atoms with Gasteiger partial charge < -0.3 is 20.7 Å². The van der Waals surface area contributed by atoms with E-state index in [0.717, 1.165) is 12.2 Å². The van der Waals surface area contributed by atoms with Gasteiger partial charge in [-0.3, -0.25) is 9.59 Å². The van der Waals surface area contributed by atoms with Gasteiger partial charge >= 0.3 is 0 Å². The van der Waals surface area contributed by atoms with E-state index in [0.29, 0.717) is 31.8 Å². The molecule has 1 heterocycles. The third kappa shape index (κ3) is 5.84. The maximum Gasteiger partial charge on any atom is 0.251 e. The highest BCUT2D eigenvalue weighted by Crippen LogP contribution is 2.29. The molecule has 0 radical (unpaired) electrons. The predicted molar refractivity (Wildman–Crippen MR) is 109 cm³/mol. The monoisotopic (exact) mass is 397 g/mol. The zero-order chi connectivity index (χ0) is 19.3. The lowest BCUT2D eigenvalue weighted by Crippen LogP contribution is -2.51. The number of nitrogens with two attached hydrogens (primary N) is 1. The van der Waals surface area contributed by atoms with Gasteiger partial charge in [0.25, 0.3) is 5.91 Å². The Balaban J connectivity index is 0.00000364. The van der Waals surface area contributed by atoms with E-state index >= 15 is 0 Å². The normalized spacial score (nSPS) is 20.1. The number of carbonyl (C=O) groups excluding carboxylic acids is 2. The molecule has 0 bridgehead atoms. The van der Waals surface area contributed by atoms with E-state index in [1.165, 1.54) is 0 Å². The van der Waals surface area contributed by atoms with Crippen LogP contribution in [-0.2, 0) is 4.79 Å². The van der Waals surface area contributed by atoms with Gasteiger partial charge in [0.1, 0.15) is 11.8 Å². The van der Waals surface area contributed by atoms with Crippen LogP contribution < -0.4 is 15.8 Å². The number of halogens is 1. The Hall–Kier alpha value is -1.79. The van der Waals surface area contributed by atoms with E-state index < -0.39 is 6.04 Å². The summed E-state index contributed by atoms with van der Waals surface area (Å²) in [7, 11) is 0. The van der Waals surface area contributed by atoms with Gasteiger partial charge in [0.15, 0.2) is 0 Å².